The molecule has 1 N–H and O–H groups in total. The zero-order valence-electron chi connectivity index (χ0n) is 17.4. The molecule has 1 aliphatic heterocycles. The smallest absolute Gasteiger partial charge is 0.212 e. The molecule has 2 saturated carbocycles. The first-order valence-corrected chi connectivity index (χ1v) is 11.4. The first-order valence-electron chi connectivity index (χ1n) is 11.0. The Bertz CT molecular complexity index is 1150. The van der Waals surface area contributed by atoms with Crippen molar-refractivity contribution in [2.24, 2.45) is 11.8 Å². The SMILES string of the molecule is Cc1cnc(N2CCCn3c2nc2c(Cl)ccc(C(O)(C4CC4)C4CC4)c23)c(C)n1. The van der Waals surface area contributed by atoms with Crippen molar-refractivity contribution in [1.82, 2.24) is 19.5 Å². The Morgan fingerprint density at radius 1 is 1.07 bits per heavy atom. The van der Waals surface area contributed by atoms with Crippen LogP contribution in [0.25, 0.3) is 11.0 Å². The lowest BCUT2D eigenvalue weighted by molar-refractivity contribution is -0.00907. The standard InChI is InChI=1S/C23H26ClN5O/c1-13-12-25-21(14(2)26-13)29-11-3-10-28-20-17(8-9-18(24)19(20)27-22(28)29)23(30,15-4-5-15)16-6-7-16/h8-9,12,15-16,30H,3-7,10-11H2,1-2H3. The molecule has 2 aromatic heterocycles. The zero-order valence-corrected chi connectivity index (χ0v) is 18.2. The average molecular weight is 424 g/mol. The minimum Gasteiger partial charge on any atom is -0.385 e. The summed E-state index contributed by atoms with van der Waals surface area (Å²) in [7, 11) is 0. The minimum atomic E-state index is -0.762. The Hall–Kier alpha value is -2.18. The Labute approximate surface area is 180 Å². The highest BCUT2D eigenvalue weighted by Gasteiger charge is 2.55. The van der Waals surface area contributed by atoms with E-state index in [-0.39, 0.29) is 0 Å². The molecule has 7 heteroatoms. The average Bonchev–Trinajstić information content (AvgIpc) is 3.64. The van der Waals surface area contributed by atoms with Gasteiger partial charge < -0.3 is 9.67 Å². The maximum absolute atomic E-state index is 11.9. The molecule has 0 spiro atoms. The Balaban J connectivity index is 1.57. The summed E-state index contributed by atoms with van der Waals surface area (Å²) >= 11 is 6.63. The van der Waals surface area contributed by atoms with Crippen LogP contribution < -0.4 is 4.90 Å². The summed E-state index contributed by atoms with van der Waals surface area (Å²) in [6.07, 6.45) is 7.18. The summed E-state index contributed by atoms with van der Waals surface area (Å²) in [6.45, 7) is 5.65. The molecule has 2 fully saturated rings. The molecular formula is C23H26ClN5O. The topological polar surface area (TPSA) is 67.1 Å². The molecule has 0 radical (unpaired) electrons. The van der Waals surface area contributed by atoms with Crippen molar-refractivity contribution in [2.75, 3.05) is 11.4 Å². The molecule has 0 amide bonds. The van der Waals surface area contributed by atoms with Gasteiger partial charge in [0.25, 0.3) is 0 Å². The van der Waals surface area contributed by atoms with Crippen LogP contribution in [0, 0.1) is 25.7 Å². The third-order valence-electron chi connectivity index (χ3n) is 6.96. The molecule has 3 aliphatic rings. The number of fused-ring (bicyclic) bond motifs is 3. The summed E-state index contributed by atoms with van der Waals surface area (Å²) in [6, 6.07) is 3.96. The van der Waals surface area contributed by atoms with Crippen molar-refractivity contribution in [1.29, 1.82) is 0 Å². The number of aliphatic hydroxyl groups is 1. The van der Waals surface area contributed by atoms with Gasteiger partial charge in [-0.3, -0.25) is 9.88 Å². The summed E-state index contributed by atoms with van der Waals surface area (Å²) in [5.74, 6) is 2.39. The summed E-state index contributed by atoms with van der Waals surface area (Å²) in [4.78, 5) is 16.4. The van der Waals surface area contributed by atoms with E-state index in [4.69, 9.17) is 16.6 Å². The second-order valence-electron chi connectivity index (χ2n) is 9.16. The van der Waals surface area contributed by atoms with Crippen LogP contribution in [0.4, 0.5) is 11.8 Å². The summed E-state index contributed by atoms with van der Waals surface area (Å²) in [5.41, 5.74) is 3.84. The molecular weight excluding hydrogens is 398 g/mol. The third-order valence-corrected chi connectivity index (χ3v) is 7.26. The first-order chi connectivity index (χ1) is 14.5. The number of hydrogen-bond donors (Lipinski definition) is 1. The van der Waals surface area contributed by atoms with Gasteiger partial charge in [-0.05, 0) is 63.9 Å². The fraction of sp³-hybridized carbons (Fsp3) is 0.522. The van der Waals surface area contributed by atoms with Crippen molar-refractivity contribution in [3.8, 4) is 0 Å². The number of anilines is 2. The number of benzene rings is 1. The fourth-order valence-corrected chi connectivity index (χ4v) is 5.49. The predicted molar refractivity (Wildman–Crippen MR) is 117 cm³/mol. The molecule has 6 nitrogen and oxygen atoms in total. The van der Waals surface area contributed by atoms with Gasteiger partial charge in [-0.25, -0.2) is 9.97 Å². The Morgan fingerprint density at radius 3 is 2.47 bits per heavy atom. The zero-order chi connectivity index (χ0) is 20.6. The van der Waals surface area contributed by atoms with Gasteiger partial charge in [0, 0.05) is 18.7 Å². The maximum Gasteiger partial charge on any atom is 0.212 e. The minimum absolute atomic E-state index is 0.352. The Morgan fingerprint density at radius 2 is 1.80 bits per heavy atom. The maximum atomic E-state index is 11.9. The number of nitrogens with zero attached hydrogens (tertiary/aromatic N) is 5. The van der Waals surface area contributed by atoms with Crippen LogP contribution in [0.1, 0.15) is 49.1 Å². The molecule has 30 heavy (non-hydrogen) atoms. The van der Waals surface area contributed by atoms with Crippen LogP contribution in [-0.4, -0.2) is 31.2 Å². The van der Waals surface area contributed by atoms with E-state index in [9.17, 15) is 5.11 Å². The van der Waals surface area contributed by atoms with E-state index in [1.807, 2.05) is 26.0 Å². The Kier molecular flexibility index (Phi) is 3.97. The molecule has 0 unspecified atom stereocenters. The molecule has 6 rings (SSSR count). The fourth-order valence-electron chi connectivity index (χ4n) is 5.30. The highest BCUT2D eigenvalue weighted by Crippen LogP contribution is 2.59. The van der Waals surface area contributed by atoms with Crippen LogP contribution in [-0.2, 0) is 12.1 Å². The molecule has 0 bridgehead atoms. The lowest BCUT2D eigenvalue weighted by Gasteiger charge is -2.32. The van der Waals surface area contributed by atoms with Crippen molar-refractivity contribution in [3.63, 3.8) is 0 Å². The number of aryl methyl sites for hydroxylation is 3. The molecule has 156 valence electrons. The van der Waals surface area contributed by atoms with E-state index < -0.39 is 5.60 Å². The number of aromatic nitrogens is 4. The van der Waals surface area contributed by atoms with Crippen molar-refractivity contribution >= 4 is 34.4 Å². The predicted octanol–water partition coefficient (Wildman–Crippen LogP) is 4.65. The molecule has 2 aliphatic carbocycles. The number of imidazole rings is 1. The van der Waals surface area contributed by atoms with Gasteiger partial charge >= 0.3 is 0 Å². The van der Waals surface area contributed by atoms with Crippen LogP contribution in [0.2, 0.25) is 5.02 Å². The summed E-state index contributed by atoms with van der Waals surface area (Å²) < 4.78 is 2.25. The van der Waals surface area contributed by atoms with Crippen LogP contribution in [0.15, 0.2) is 18.3 Å². The second kappa shape index (κ2) is 6.41. The summed E-state index contributed by atoms with van der Waals surface area (Å²) in [5, 5.41) is 12.5. The molecule has 3 heterocycles. The van der Waals surface area contributed by atoms with Crippen LogP contribution in [0.3, 0.4) is 0 Å². The van der Waals surface area contributed by atoms with Gasteiger partial charge in [0.15, 0.2) is 5.82 Å². The number of hydrogen-bond acceptors (Lipinski definition) is 5. The molecule has 3 aromatic rings. The lowest BCUT2D eigenvalue weighted by Crippen LogP contribution is -2.33. The van der Waals surface area contributed by atoms with Crippen LogP contribution >= 0.6 is 11.6 Å². The van der Waals surface area contributed by atoms with Crippen molar-refractivity contribution in [3.05, 3.63) is 40.3 Å². The van der Waals surface area contributed by atoms with Crippen molar-refractivity contribution < 1.29 is 5.11 Å². The largest absolute Gasteiger partial charge is 0.385 e. The second-order valence-corrected chi connectivity index (χ2v) is 9.56. The molecule has 1 aromatic carbocycles. The van der Waals surface area contributed by atoms with Crippen molar-refractivity contribution in [2.45, 2.75) is 58.1 Å². The molecule has 0 atom stereocenters. The van der Waals surface area contributed by atoms with Gasteiger partial charge in [0.2, 0.25) is 5.95 Å². The first kappa shape index (κ1) is 18.6. The monoisotopic (exact) mass is 423 g/mol. The van der Waals surface area contributed by atoms with E-state index in [1.54, 1.807) is 6.20 Å². The van der Waals surface area contributed by atoms with Gasteiger partial charge in [-0.15, -0.1) is 0 Å². The van der Waals surface area contributed by atoms with Gasteiger partial charge in [-0.1, -0.05) is 17.7 Å². The highest BCUT2D eigenvalue weighted by atomic mass is 35.5. The van der Waals surface area contributed by atoms with E-state index in [0.717, 1.165) is 84.9 Å². The normalized spacial score (nSPS) is 19.4. The van der Waals surface area contributed by atoms with Gasteiger partial charge in [-0.2, -0.15) is 0 Å². The van der Waals surface area contributed by atoms with E-state index in [1.165, 1.54) is 0 Å². The lowest BCUT2D eigenvalue weighted by atomic mass is 9.83. The van der Waals surface area contributed by atoms with Crippen LogP contribution in [0.5, 0.6) is 0 Å². The highest BCUT2D eigenvalue weighted by molar-refractivity contribution is 6.35. The quantitative estimate of drug-likeness (QED) is 0.661. The van der Waals surface area contributed by atoms with Gasteiger partial charge in [0.1, 0.15) is 5.52 Å². The van der Waals surface area contributed by atoms with Gasteiger partial charge in [0.05, 0.1) is 33.7 Å². The number of halogens is 1. The van der Waals surface area contributed by atoms with E-state index in [0.29, 0.717) is 16.9 Å². The third kappa shape index (κ3) is 2.63. The molecule has 0 saturated heterocycles. The van der Waals surface area contributed by atoms with E-state index in [2.05, 4.69) is 19.4 Å². The number of rotatable bonds is 4. The van der Waals surface area contributed by atoms with E-state index >= 15 is 0 Å².